The summed E-state index contributed by atoms with van der Waals surface area (Å²) in [5, 5.41) is 3.78. The minimum Gasteiger partial charge on any atom is -0.459 e. The number of piperazine rings is 1. The lowest BCUT2D eigenvalue weighted by Crippen LogP contribution is -2.48. The van der Waals surface area contributed by atoms with Crippen LogP contribution in [0.5, 0.6) is 0 Å². The van der Waals surface area contributed by atoms with Crippen LogP contribution in [0.15, 0.2) is 41.0 Å². The van der Waals surface area contributed by atoms with Crippen molar-refractivity contribution in [2.45, 2.75) is 13.5 Å². The Kier molecular flexibility index (Phi) is 5.82. The van der Waals surface area contributed by atoms with E-state index in [0.29, 0.717) is 55.3 Å². The number of nitrogen functional groups attached to an aromatic ring is 1. The van der Waals surface area contributed by atoms with Crippen molar-refractivity contribution in [3.05, 3.63) is 58.8 Å². The number of hydrogen-bond acceptors (Lipinski definition) is 8. The molecule has 3 aromatic rings. The molecule has 0 radical (unpaired) electrons. The third-order valence-corrected chi connectivity index (χ3v) is 5.14. The van der Waals surface area contributed by atoms with Crippen LogP contribution in [0.25, 0.3) is 0 Å². The van der Waals surface area contributed by atoms with Crippen LogP contribution in [-0.4, -0.2) is 56.8 Å². The Hall–Kier alpha value is -3.17. The van der Waals surface area contributed by atoms with Gasteiger partial charge in [-0.15, -0.1) is 0 Å². The van der Waals surface area contributed by atoms with E-state index in [1.807, 2.05) is 25.1 Å². The first-order valence-corrected chi connectivity index (χ1v) is 9.94. The van der Waals surface area contributed by atoms with Gasteiger partial charge in [-0.1, -0.05) is 17.7 Å². The fourth-order valence-corrected chi connectivity index (χ4v) is 3.45. The fraction of sp³-hybridized carbons (Fsp3) is 0.300. The van der Waals surface area contributed by atoms with Crippen molar-refractivity contribution in [3.63, 3.8) is 0 Å². The van der Waals surface area contributed by atoms with Gasteiger partial charge in [-0.2, -0.15) is 15.0 Å². The first kappa shape index (κ1) is 20.1. The molecule has 3 heterocycles. The van der Waals surface area contributed by atoms with Crippen molar-refractivity contribution >= 4 is 35.1 Å². The van der Waals surface area contributed by atoms with Crippen LogP contribution >= 0.6 is 11.6 Å². The molecule has 10 heteroatoms. The van der Waals surface area contributed by atoms with E-state index < -0.39 is 0 Å². The third kappa shape index (κ3) is 4.69. The molecule has 1 saturated heterocycles. The quantitative estimate of drug-likeness (QED) is 0.638. The van der Waals surface area contributed by atoms with Crippen molar-refractivity contribution in [3.8, 4) is 0 Å². The number of nitrogens with two attached hydrogens (primary N) is 1. The molecule has 0 aliphatic carbocycles. The molecule has 2 aromatic heterocycles. The molecule has 1 aromatic carbocycles. The van der Waals surface area contributed by atoms with E-state index in [-0.39, 0.29) is 11.9 Å². The van der Waals surface area contributed by atoms with Crippen LogP contribution < -0.4 is 11.1 Å². The molecule has 4 rings (SSSR count). The van der Waals surface area contributed by atoms with Crippen molar-refractivity contribution < 1.29 is 9.21 Å². The largest absolute Gasteiger partial charge is 0.459 e. The highest BCUT2D eigenvalue weighted by molar-refractivity contribution is 6.30. The van der Waals surface area contributed by atoms with Gasteiger partial charge in [0.2, 0.25) is 11.9 Å². The number of rotatable bonds is 5. The Morgan fingerprint density at radius 2 is 2.00 bits per heavy atom. The molecule has 1 aliphatic rings. The molecule has 3 N–H and O–H groups in total. The number of furan rings is 1. The molecule has 0 bridgehead atoms. The monoisotopic (exact) mass is 427 g/mol. The first-order valence-electron chi connectivity index (χ1n) is 9.56. The van der Waals surface area contributed by atoms with Crippen LogP contribution in [-0.2, 0) is 6.54 Å². The summed E-state index contributed by atoms with van der Waals surface area (Å²) in [6.07, 6.45) is 1.51. The predicted octanol–water partition coefficient (Wildman–Crippen LogP) is 2.71. The molecule has 1 fully saturated rings. The van der Waals surface area contributed by atoms with E-state index in [1.54, 1.807) is 17.0 Å². The van der Waals surface area contributed by atoms with Gasteiger partial charge in [-0.25, -0.2) is 0 Å². The van der Waals surface area contributed by atoms with E-state index in [2.05, 4.69) is 25.2 Å². The van der Waals surface area contributed by atoms with E-state index in [1.165, 1.54) is 6.26 Å². The summed E-state index contributed by atoms with van der Waals surface area (Å²) in [6, 6.07) is 8.95. The maximum atomic E-state index is 12.4. The first-order chi connectivity index (χ1) is 14.5. The second kappa shape index (κ2) is 8.68. The number of aryl methyl sites for hydroxylation is 1. The second-order valence-electron chi connectivity index (χ2n) is 7.06. The normalized spacial score (nSPS) is 14.7. The molecule has 0 saturated carbocycles. The van der Waals surface area contributed by atoms with Gasteiger partial charge in [0, 0.05) is 36.9 Å². The zero-order valence-electron chi connectivity index (χ0n) is 16.5. The SMILES string of the molecule is Cc1ccc(Cl)cc1Nc1nc(N)nc(CN2CCN(C(=O)c3ccco3)CC2)n1. The van der Waals surface area contributed by atoms with Crippen LogP contribution in [0.4, 0.5) is 17.6 Å². The topological polar surface area (TPSA) is 113 Å². The molecule has 30 heavy (non-hydrogen) atoms. The Morgan fingerprint density at radius 1 is 1.20 bits per heavy atom. The molecular weight excluding hydrogens is 406 g/mol. The lowest BCUT2D eigenvalue weighted by molar-refractivity contribution is 0.0595. The summed E-state index contributed by atoms with van der Waals surface area (Å²) in [5.41, 5.74) is 7.71. The smallest absolute Gasteiger partial charge is 0.289 e. The summed E-state index contributed by atoms with van der Waals surface area (Å²) in [6.45, 7) is 5.09. The number of anilines is 3. The zero-order valence-corrected chi connectivity index (χ0v) is 17.3. The number of nitrogens with one attached hydrogen (secondary N) is 1. The highest BCUT2D eigenvalue weighted by Crippen LogP contribution is 2.23. The molecule has 9 nitrogen and oxygen atoms in total. The number of hydrogen-bond donors (Lipinski definition) is 2. The van der Waals surface area contributed by atoms with Gasteiger partial charge < -0.3 is 20.4 Å². The van der Waals surface area contributed by atoms with E-state index in [9.17, 15) is 4.79 Å². The Bertz CT molecular complexity index is 1030. The average molecular weight is 428 g/mol. The number of carbonyl (C=O) groups excluding carboxylic acids is 1. The number of carbonyl (C=O) groups is 1. The fourth-order valence-electron chi connectivity index (χ4n) is 3.28. The minimum absolute atomic E-state index is 0.0903. The Morgan fingerprint density at radius 3 is 2.73 bits per heavy atom. The van der Waals surface area contributed by atoms with Gasteiger partial charge >= 0.3 is 0 Å². The van der Waals surface area contributed by atoms with Gasteiger partial charge in [-0.05, 0) is 36.8 Å². The standard InChI is InChI=1S/C20H22ClN7O2/c1-13-4-5-14(21)11-15(13)23-20-25-17(24-19(22)26-20)12-27-6-8-28(9-7-27)18(29)16-3-2-10-30-16/h2-5,10-11H,6-9,12H2,1H3,(H3,22,23,24,25,26). The lowest BCUT2D eigenvalue weighted by atomic mass is 10.2. The number of benzene rings is 1. The second-order valence-corrected chi connectivity index (χ2v) is 7.50. The van der Waals surface area contributed by atoms with Crippen molar-refractivity contribution in [2.75, 3.05) is 37.2 Å². The summed E-state index contributed by atoms with van der Waals surface area (Å²) < 4.78 is 5.20. The number of halogens is 1. The van der Waals surface area contributed by atoms with Crippen LogP contribution in [0.3, 0.4) is 0 Å². The van der Waals surface area contributed by atoms with Crippen LogP contribution in [0, 0.1) is 6.92 Å². The molecule has 0 atom stereocenters. The van der Waals surface area contributed by atoms with Crippen molar-refractivity contribution in [2.24, 2.45) is 0 Å². The summed E-state index contributed by atoms with van der Waals surface area (Å²) in [4.78, 5) is 29.3. The summed E-state index contributed by atoms with van der Waals surface area (Å²) in [5.74, 6) is 1.35. The zero-order chi connectivity index (χ0) is 21.1. The van der Waals surface area contributed by atoms with Crippen molar-refractivity contribution in [1.82, 2.24) is 24.8 Å². The third-order valence-electron chi connectivity index (χ3n) is 4.90. The minimum atomic E-state index is -0.0903. The summed E-state index contributed by atoms with van der Waals surface area (Å²) >= 11 is 6.08. The molecule has 0 spiro atoms. The van der Waals surface area contributed by atoms with Gasteiger partial charge in [-0.3, -0.25) is 9.69 Å². The number of nitrogens with zero attached hydrogens (tertiary/aromatic N) is 5. The highest BCUT2D eigenvalue weighted by Gasteiger charge is 2.24. The number of aromatic nitrogens is 3. The van der Waals surface area contributed by atoms with E-state index in [0.717, 1.165) is 11.3 Å². The van der Waals surface area contributed by atoms with Crippen LogP contribution in [0.2, 0.25) is 5.02 Å². The van der Waals surface area contributed by atoms with Crippen LogP contribution in [0.1, 0.15) is 21.9 Å². The number of amides is 1. The predicted molar refractivity (Wildman–Crippen MR) is 114 cm³/mol. The van der Waals surface area contributed by atoms with Gasteiger partial charge in [0.15, 0.2) is 5.76 Å². The summed E-state index contributed by atoms with van der Waals surface area (Å²) in [7, 11) is 0. The average Bonchev–Trinajstić information content (AvgIpc) is 3.25. The van der Waals surface area contributed by atoms with E-state index in [4.69, 9.17) is 21.8 Å². The van der Waals surface area contributed by atoms with Gasteiger partial charge in [0.1, 0.15) is 5.82 Å². The highest BCUT2D eigenvalue weighted by atomic mass is 35.5. The lowest BCUT2D eigenvalue weighted by Gasteiger charge is -2.33. The van der Waals surface area contributed by atoms with Gasteiger partial charge in [0.25, 0.3) is 5.91 Å². The van der Waals surface area contributed by atoms with Crippen molar-refractivity contribution in [1.29, 1.82) is 0 Å². The van der Waals surface area contributed by atoms with Gasteiger partial charge in [0.05, 0.1) is 12.8 Å². The Labute approximate surface area is 178 Å². The van der Waals surface area contributed by atoms with E-state index >= 15 is 0 Å². The molecule has 0 unspecified atom stereocenters. The molecule has 1 amide bonds. The maximum Gasteiger partial charge on any atom is 0.289 e. The maximum absolute atomic E-state index is 12.4. The Balaban J connectivity index is 1.39. The molecule has 156 valence electrons. The molecular formula is C20H22ClN7O2. The molecule has 1 aliphatic heterocycles.